The van der Waals surface area contributed by atoms with Gasteiger partial charge in [0.2, 0.25) is 0 Å². The first-order valence-corrected chi connectivity index (χ1v) is 15.5. The van der Waals surface area contributed by atoms with Crippen LogP contribution >= 0.6 is 22.9 Å². The molecular weight excluding hydrogens is 548 g/mol. The second-order valence-corrected chi connectivity index (χ2v) is 14.7. The van der Waals surface area contributed by atoms with Crippen molar-refractivity contribution in [3.63, 3.8) is 0 Å². The molecule has 2 heterocycles. The molecule has 5 nitrogen and oxygen atoms in total. The van der Waals surface area contributed by atoms with Crippen molar-refractivity contribution >= 4 is 43.7 Å². The summed E-state index contributed by atoms with van der Waals surface area (Å²) in [5, 5.41) is 12.8. The first kappa shape index (κ1) is 27.5. The van der Waals surface area contributed by atoms with Gasteiger partial charge in [-0.15, -0.1) is 11.3 Å². The van der Waals surface area contributed by atoms with E-state index in [0.717, 1.165) is 43.7 Å². The van der Waals surface area contributed by atoms with Crippen LogP contribution in [0, 0.1) is 0 Å². The molecule has 0 saturated heterocycles. The Balaban J connectivity index is 1.74. The van der Waals surface area contributed by atoms with E-state index >= 15 is 0 Å². The lowest BCUT2D eigenvalue weighted by Gasteiger charge is -2.24. The van der Waals surface area contributed by atoms with E-state index < -0.39 is 20.2 Å². The standard InChI is InChI=1S/C31H29ClN2O3S2/c1-30(2,35)29-34-27(21-10-7-13-24(32)17-21)28(38-29)22-11-6-9-19(15-22)25-18-23(31(3,4)39(5,36)37)16-20-12-8-14-33-26(20)25/h6-18,35H,1-5H3. The van der Waals surface area contributed by atoms with Gasteiger partial charge in [0.05, 0.1) is 20.8 Å². The second-order valence-electron chi connectivity index (χ2n) is 10.7. The molecular formula is C31H29ClN2O3S2. The Morgan fingerprint density at radius 2 is 1.56 bits per heavy atom. The molecule has 200 valence electrons. The summed E-state index contributed by atoms with van der Waals surface area (Å²) in [6.07, 6.45) is 3.01. The fourth-order valence-corrected chi connectivity index (χ4v) is 6.23. The van der Waals surface area contributed by atoms with E-state index in [1.807, 2.05) is 66.7 Å². The summed E-state index contributed by atoms with van der Waals surface area (Å²) in [4.78, 5) is 10.4. The van der Waals surface area contributed by atoms with Crippen LogP contribution in [0.3, 0.4) is 0 Å². The molecule has 0 saturated carbocycles. The van der Waals surface area contributed by atoms with E-state index in [2.05, 4.69) is 11.1 Å². The fraction of sp³-hybridized carbons (Fsp3) is 0.226. The number of rotatable bonds is 6. The lowest BCUT2D eigenvalue weighted by atomic mass is 9.92. The minimum Gasteiger partial charge on any atom is -0.383 e. The zero-order valence-electron chi connectivity index (χ0n) is 22.4. The van der Waals surface area contributed by atoms with Gasteiger partial charge in [-0.25, -0.2) is 13.4 Å². The van der Waals surface area contributed by atoms with Crippen LogP contribution in [-0.4, -0.2) is 29.7 Å². The van der Waals surface area contributed by atoms with Gasteiger partial charge in [0, 0.05) is 34.0 Å². The van der Waals surface area contributed by atoms with Crippen LogP contribution < -0.4 is 0 Å². The van der Waals surface area contributed by atoms with Crippen LogP contribution in [0.25, 0.3) is 43.7 Å². The van der Waals surface area contributed by atoms with Crippen LogP contribution in [0.1, 0.15) is 38.3 Å². The summed E-state index contributed by atoms with van der Waals surface area (Å²) in [5.41, 5.74) is 4.65. The molecule has 0 aliphatic rings. The number of nitrogens with zero attached hydrogens (tertiary/aromatic N) is 2. The van der Waals surface area contributed by atoms with Gasteiger partial charge in [-0.3, -0.25) is 4.98 Å². The topological polar surface area (TPSA) is 80.2 Å². The zero-order chi connectivity index (χ0) is 28.2. The highest BCUT2D eigenvalue weighted by Crippen LogP contribution is 2.43. The van der Waals surface area contributed by atoms with Gasteiger partial charge in [-0.05, 0) is 80.8 Å². The summed E-state index contributed by atoms with van der Waals surface area (Å²) >= 11 is 7.75. The predicted octanol–water partition coefficient (Wildman–Crippen LogP) is 7.85. The van der Waals surface area contributed by atoms with Crippen molar-refractivity contribution in [2.75, 3.05) is 6.26 Å². The van der Waals surface area contributed by atoms with Crippen molar-refractivity contribution in [3.8, 4) is 32.8 Å². The predicted molar refractivity (Wildman–Crippen MR) is 162 cm³/mol. The maximum absolute atomic E-state index is 12.7. The van der Waals surface area contributed by atoms with Crippen molar-refractivity contribution in [1.29, 1.82) is 0 Å². The van der Waals surface area contributed by atoms with Crippen LogP contribution in [0.15, 0.2) is 79.0 Å². The Kier molecular flexibility index (Phi) is 6.92. The number of pyridine rings is 1. The fourth-order valence-electron chi connectivity index (χ4n) is 4.41. The zero-order valence-corrected chi connectivity index (χ0v) is 24.7. The van der Waals surface area contributed by atoms with E-state index in [1.165, 1.54) is 17.6 Å². The number of hydrogen-bond donors (Lipinski definition) is 1. The average molecular weight is 577 g/mol. The molecule has 1 N–H and O–H groups in total. The Morgan fingerprint density at radius 3 is 2.26 bits per heavy atom. The minimum atomic E-state index is -3.39. The van der Waals surface area contributed by atoms with Crippen LogP contribution in [0.4, 0.5) is 0 Å². The van der Waals surface area contributed by atoms with Gasteiger partial charge >= 0.3 is 0 Å². The van der Waals surface area contributed by atoms with Crippen molar-refractivity contribution < 1.29 is 13.5 Å². The highest BCUT2D eigenvalue weighted by Gasteiger charge is 2.33. The first-order chi connectivity index (χ1) is 18.3. The molecule has 0 aliphatic heterocycles. The molecule has 5 aromatic rings. The Morgan fingerprint density at radius 1 is 0.872 bits per heavy atom. The second kappa shape index (κ2) is 9.82. The number of aliphatic hydroxyl groups is 1. The lowest BCUT2D eigenvalue weighted by Crippen LogP contribution is -2.28. The molecule has 8 heteroatoms. The third kappa shape index (κ3) is 5.24. The first-order valence-electron chi connectivity index (χ1n) is 12.4. The molecule has 0 amide bonds. The summed E-state index contributed by atoms with van der Waals surface area (Å²) in [5.74, 6) is 0. The Hall–Kier alpha value is -3.10. The molecule has 5 rings (SSSR count). The van der Waals surface area contributed by atoms with Gasteiger partial charge in [0.15, 0.2) is 9.84 Å². The number of thiazole rings is 1. The van der Waals surface area contributed by atoms with Crippen LogP contribution in [-0.2, 0) is 20.2 Å². The third-order valence-electron chi connectivity index (χ3n) is 7.01. The smallest absolute Gasteiger partial charge is 0.156 e. The normalized spacial score (nSPS) is 12.7. The minimum absolute atomic E-state index is 0.599. The van der Waals surface area contributed by atoms with E-state index in [1.54, 1.807) is 33.9 Å². The highest BCUT2D eigenvalue weighted by atomic mass is 35.5. The van der Waals surface area contributed by atoms with Gasteiger partial charge in [0.25, 0.3) is 0 Å². The molecule has 0 radical (unpaired) electrons. The number of halogens is 1. The molecule has 0 aliphatic carbocycles. The quantitative estimate of drug-likeness (QED) is 0.222. The highest BCUT2D eigenvalue weighted by molar-refractivity contribution is 7.91. The molecule has 0 bridgehead atoms. The number of aromatic nitrogens is 2. The third-order valence-corrected chi connectivity index (χ3v) is 10.8. The lowest BCUT2D eigenvalue weighted by molar-refractivity contribution is 0.0783. The van der Waals surface area contributed by atoms with E-state index in [4.69, 9.17) is 16.6 Å². The van der Waals surface area contributed by atoms with E-state index in [0.29, 0.717) is 15.6 Å². The molecule has 3 aromatic carbocycles. The van der Waals surface area contributed by atoms with E-state index in [9.17, 15) is 13.5 Å². The number of sulfone groups is 1. The molecule has 0 spiro atoms. The summed E-state index contributed by atoms with van der Waals surface area (Å²) < 4.78 is 24.3. The molecule has 39 heavy (non-hydrogen) atoms. The maximum Gasteiger partial charge on any atom is 0.156 e. The van der Waals surface area contributed by atoms with Gasteiger partial charge < -0.3 is 5.11 Å². The SMILES string of the molecule is CC(C)(O)c1nc(-c2cccc(Cl)c2)c(-c2cccc(-c3cc(C(C)(C)S(C)(=O)=O)cc4cccnc34)c2)s1. The van der Waals surface area contributed by atoms with Gasteiger partial charge in [-0.2, -0.15) is 0 Å². The Bertz CT molecular complexity index is 1820. The molecule has 0 atom stereocenters. The van der Waals surface area contributed by atoms with Gasteiger partial charge in [0.1, 0.15) is 10.6 Å². The summed E-state index contributed by atoms with van der Waals surface area (Å²) in [7, 11) is -3.39. The summed E-state index contributed by atoms with van der Waals surface area (Å²) in [6, 6.07) is 23.2. The van der Waals surface area contributed by atoms with Crippen molar-refractivity contribution in [2.45, 2.75) is 38.0 Å². The van der Waals surface area contributed by atoms with Crippen LogP contribution in [0.5, 0.6) is 0 Å². The number of benzene rings is 3. The van der Waals surface area contributed by atoms with Crippen LogP contribution in [0.2, 0.25) is 5.02 Å². The monoisotopic (exact) mass is 576 g/mol. The summed E-state index contributed by atoms with van der Waals surface area (Å²) in [6.45, 7) is 6.90. The van der Waals surface area contributed by atoms with Gasteiger partial charge in [-0.1, -0.05) is 48.0 Å². The number of fused-ring (bicyclic) bond motifs is 1. The average Bonchev–Trinajstić information content (AvgIpc) is 3.34. The molecule has 2 aromatic heterocycles. The maximum atomic E-state index is 12.7. The Labute approximate surface area is 238 Å². The molecule has 0 fully saturated rings. The molecule has 0 unspecified atom stereocenters. The van der Waals surface area contributed by atoms with Crippen molar-refractivity contribution in [2.24, 2.45) is 0 Å². The van der Waals surface area contributed by atoms with Crippen molar-refractivity contribution in [1.82, 2.24) is 9.97 Å². The largest absolute Gasteiger partial charge is 0.383 e. The van der Waals surface area contributed by atoms with E-state index in [-0.39, 0.29) is 0 Å². The number of hydrogen-bond acceptors (Lipinski definition) is 6. The van der Waals surface area contributed by atoms with Crippen molar-refractivity contribution in [3.05, 3.63) is 94.6 Å².